The fourth-order valence-corrected chi connectivity index (χ4v) is 0.881. The first-order valence-corrected chi connectivity index (χ1v) is 3.87. The summed E-state index contributed by atoms with van der Waals surface area (Å²) in [6.45, 7) is 2.38. The van der Waals surface area contributed by atoms with E-state index in [1.165, 1.54) is 18.0 Å². The van der Waals surface area contributed by atoms with Crippen molar-refractivity contribution in [3.8, 4) is 0 Å². The molecule has 1 heterocycles. The van der Waals surface area contributed by atoms with Crippen LogP contribution in [-0.2, 0) is 11.3 Å². The minimum Gasteiger partial charge on any atom is -0.464 e. The SMILES string of the molecule is COC(=O)c1cn(CC(C)N)nn1. The standard InChI is InChI=1S/C7H12N4O2/c1-5(8)3-11-4-6(9-10-11)7(12)13-2/h4-5H,3,8H2,1-2H3. The summed E-state index contributed by atoms with van der Waals surface area (Å²) in [6, 6.07) is -0.0211. The van der Waals surface area contributed by atoms with Gasteiger partial charge in [-0.05, 0) is 6.92 Å². The van der Waals surface area contributed by atoms with Gasteiger partial charge in [-0.2, -0.15) is 0 Å². The molecule has 0 spiro atoms. The van der Waals surface area contributed by atoms with E-state index in [1.54, 1.807) is 0 Å². The lowest BCUT2D eigenvalue weighted by Crippen LogP contribution is -2.22. The molecule has 0 saturated heterocycles. The molecule has 2 N–H and O–H groups in total. The van der Waals surface area contributed by atoms with Gasteiger partial charge in [-0.15, -0.1) is 5.10 Å². The molecule has 1 unspecified atom stereocenters. The number of methoxy groups -OCH3 is 1. The van der Waals surface area contributed by atoms with Crippen LogP contribution in [-0.4, -0.2) is 34.1 Å². The predicted octanol–water partition coefficient (Wildman–Crippen LogP) is -0.588. The molecule has 0 aromatic carbocycles. The molecule has 0 aliphatic heterocycles. The van der Waals surface area contributed by atoms with Gasteiger partial charge in [-0.3, -0.25) is 4.68 Å². The molecule has 0 amide bonds. The Bertz CT molecular complexity index is 294. The summed E-state index contributed by atoms with van der Waals surface area (Å²) in [5.74, 6) is -0.490. The van der Waals surface area contributed by atoms with Crippen LogP contribution in [0.5, 0.6) is 0 Å². The van der Waals surface area contributed by atoms with Crippen LogP contribution in [0.1, 0.15) is 17.4 Å². The molecule has 6 nitrogen and oxygen atoms in total. The number of hydrogen-bond acceptors (Lipinski definition) is 5. The minimum atomic E-state index is -0.490. The molecule has 0 bridgehead atoms. The Morgan fingerprint density at radius 3 is 3.08 bits per heavy atom. The predicted molar refractivity (Wildman–Crippen MR) is 45.0 cm³/mol. The van der Waals surface area contributed by atoms with E-state index in [0.717, 1.165) is 0 Å². The Morgan fingerprint density at radius 1 is 1.85 bits per heavy atom. The third-order valence-corrected chi connectivity index (χ3v) is 1.41. The van der Waals surface area contributed by atoms with Crippen LogP contribution in [0.15, 0.2) is 6.20 Å². The molecule has 6 heteroatoms. The Kier molecular flexibility index (Phi) is 2.97. The number of nitrogens with zero attached hydrogens (tertiary/aromatic N) is 3. The van der Waals surface area contributed by atoms with Crippen LogP contribution >= 0.6 is 0 Å². The van der Waals surface area contributed by atoms with Crippen molar-refractivity contribution in [2.75, 3.05) is 7.11 Å². The number of hydrogen-bond donors (Lipinski definition) is 1. The van der Waals surface area contributed by atoms with E-state index < -0.39 is 5.97 Å². The first kappa shape index (κ1) is 9.66. The number of ether oxygens (including phenoxy) is 1. The number of carbonyl (C=O) groups is 1. The van der Waals surface area contributed by atoms with Crippen molar-refractivity contribution in [1.29, 1.82) is 0 Å². The summed E-state index contributed by atoms with van der Waals surface area (Å²) in [4.78, 5) is 10.9. The van der Waals surface area contributed by atoms with Crippen LogP contribution in [0.3, 0.4) is 0 Å². The zero-order valence-corrected chi connectivity index (χ0v) is 7.60. The van der Waals surface area contributed by atoms with Gasteiger partial charge < -0.3 is 10.5 Å². The number of rotatable bonds is 3. The fraction of sp³-hybridized carbons (Fsp3) is 0.571. The van der Waals surface area contributed by atoms with Crippen molar-refractivity contribution in [2.24, 2.45) is 5.73 Å². The van der Waals surface area contributed by atoms with Gasteiger partial charge in [0.1, 0.15) is 0 Å². The fourth-order valence-electron chi connectivity index (χ4n) is 0.881. The van der Waals surface area contributed by atoms with Gasteiger partial charge in [0.15, 0.2) is 5.69 Å². The van der Waals surface area contributed by atoms with E-state index in [-0.39, 0.29) is 11.7 Å². The van der Waals surface area contributed by atoms with Crippen molar-refractivity contribution < 1.29 is 9.53 Å². The van der Waals surface area contributed by atoms with Crippen LogP contribution in [0, 0.1) is 0 Å². The Morgan fingerprint density at radius 2 is 2.54 bits per heavy atom. The molecule has 72 valence electrons. The van der Waals surface area contributed by atoms with E-state index in [1.807, 2.05) is 6.92 Å². The largest absolute Gasteiger partial charge is 0.464 e. The molecule has 1 rings (SSSR count). The highest BCUT2D eigenvalue weighted by Crippen LogP contribution is 1.95. The normalized spacial score (nSPS) is 12.5. The Balaban J connectivity index is 2.69. The van der Waals surface area contributed by atoms with E-state index in [9.17, 15) is 4.79 Å². The lowest BCUT2D eigenvalue weighted by molar-refractivity contribution is 0.0594. The monoisotopic (exact) mass is 184 g/mol. The summed E-state index contributed by atoms with van der Waals surface area (Å²) in [5, 5.41) is 7.33. The van der Waals surface area contributed by atoms with Gasteiger partial charge in [0.05, 0.1) is 19.9 Å². The number of nitrogens with two attached hydrogens (primary N) is 1. The summed E-state index contributed by atoms with van der Waals surface area (Å²) >= 11 is 0. The third-order valence-electron chi connectivity index (χ3n) is 1.41. The molecular weight excluding hydrogens is 172 g/mol. The van der Waals surface area contributed by atoms with Crippen molar-refractivity contribution in [2.45, 2.75) is 19.5 Å². The third kappa shape index (κ3) is 2.51. The highest BCUT2D eigenvalue weighted by atomic mass is 16.5. The lowest BCUT2D eigenvalue weighted by atomic mass is 10.4. The van der Waals surface area contributed by atoms with Gasteiger partial charge >= 0.3 is 5.97 Å². The number of esters is 1. The maximum atomic E-state index is 10.9. The first-order chi connectivity index (χ1) is 6.13. The average molecular weight is 184 g/mol. The Hall–Kier alpha value is -1.43. The highest BCUT2D eigenvalue weighted by Gasteiger charge is 2.10. The molecule has 0 radical (unpaired) electrons. The second kappa shape index (κ2) is 3.99. The number of aromatic nitrogens is 3. The number of carbonyl (C=O) groups excluding carboxylic acids is 1. The topological polar surface area (TPSA) is 83.0 Å². The van der Waals surface area contributed by atoms with Gasteiger partial charge in [-0.1, -0.05) is 5.21 Å². The van der Waals surface area contributed by atoms with E-state index in [0.29, 0.717) is 6.54 Å². The van der Waals surface area contributed by atoms with Crippen molar-refractivity contribution in [1.82, 2.24) is 15.0 Å². The molecule has 0 fully saturated rings. The van der Waals surface area contributed by atoms with Gasteiger partial charge in [0, 0.05) is 6.04 Å². The van der Waals surface area contributed by atoms with Crippen molar-refractivity contribution in [3.63, 3.8) is 0 Å². The average Bonchev–Trinajstić information content (AvgIpc) is 2.50. The van der Waals surface area contributed by atoms with Gasteiger partial charge in [0.25, 0.3) is 0 Å². The molecule has 0 aliphatic carbocycles. The first-order valence-electron chi connectivity index (χ1n) is 3.87. The van der Waals surface area contributed by atoms with E-state index in [2.05, 4.69) is 15.0 Å². The summed E-state index contributed by atoms with van der Waals surface area (Å²) in [6.07, 6.45) is 1.51. The molecule has 1 aromatic rings. The van der Waals surface area contributed by atoms with Crippen LogP contribution in [0.4, 0.5) is 0 Å². The lowest BCUT2D eigenvalue weighted by Gasteiger charge is -2.01. The molecular formula is C7H12N4O2. The maximum Gasteiger partial charge on any atom is 0.360 e. The Labute approximate surface area is 75.7 Å². The summed E-state index contributed by atoms with van der Waals surface area (Å²) in [7, 11) is 1.30. The molecule has 13 heavy (non-hydrogen) atoms. The molecule has 0 saturated carbocycles. The second-order valence-corrected chi connectivity index (χ2v) is 2.79. The smallest absolute Gasteiger partial charge is 0.360 e. The van der Waals surface area contributed by atoms with Crippen molar-refractivity contribution >= 4 is 5.97 Å². The zero-order valence-electron chi connectivity index (χ0n) is 7.60. The molecule has 0 aliphatic rings. The van der Waals surface area contributed by atoms with Crippen LogP contribution < -0.4 is 5.73 Å². The maximum absolute atomic E-state index is 10.9. The molecule has 1 atom stereocenters. The highest BCUT2D eigenvalue weighted by molar-refractivity contribution is 5.86. The van der Waals surface area contributed by atoms with Crippen LogP contribution in [0.2, 0.25) is 0 Å². The summed E-state index contributed by atoms with van der Waals surface area (Å²) < 4.78 is 5.98. The quantitative estimate of drug-likeness (QED) is 0.635. The molecule has 1 aromatic heterocycles. The van der Waals surface area contributed by atoms with Crippen LogP contribution in [0.25, 0.3) is 0 Å². The minimum absolute atomic E-state index is 0.0211. The van der Waals surface area contributed by atoms with Gasteiger partial charge in [-0.25, -0.2) is 4.79 Å². The van der Waals surface area contributed by atoms with E-state index >= 15 is 0 Å². The summed E-state index contributed by atoms with van der Waals surface area (Å²) in [5.41, 5.74) is 5.73. The van der Waals surface area contributed by atoms with Gasteiger partial charge in [0.2, 0.25) is 0 Å². The zero-order chi connectivity index (χ0) is 9.84. The van der Waals surface area contributed by atoms with E-state index in [4.69, 9.17) is 5.73 Å². The second-order valence-electron chi connectivity index (χ2n) is 2.79. The van der Waals surface area contributed by atoms with Crippen molar-refractivity contribution in [3.05, 3.63) is 11.9 Å².